The van der Waals surface area contributed by atoms with Gasteiger partial charge in [0.25, 0.3) is 0 Å². The highest BCUT2D eigenvalue weighted by atomic mass is 19.4. The van der Waals surface area contributed by atoms with Crippen molar-refractivity contribution in [2.75, 3.05) is 19.6 Å². The lowest BCUT2D eigenvalue weighted by Gasteiger charge is -2.32. The number of nitrogens with one attached hydrogen (secondary N) is 1. The number of hydrogen-bond donors (Lipinski definition) is 2. The van der Waals surface area contributed by atoms with Crippen LogP contribution in [0, 0.1) is 11.8 Å². The number of halogens is 3. The number of alkyl halides is 3. The third-order valence-electron chi connectivity index (χ3n) is 4.37. The summed E-state index contributed by atoms with van der Waals surface area (Å²) in [5, 5.41) is 12.3. The van der Waals surface area contributed by atoms with Gasteiger partial charge < -0.3 is 15.3 Å². The predicted molar refractivity (Wildman–Crippen MR) is 71.7 cm³/mol. The van der Waals surface area contributed by atoms with Crippen LogP contribution in [-0.2, 0) is 9.59 Å². The number of nitrogens with zero attached hydrogens (tertiary/aromatic N) is 1. The average Bonchev–Trinajstić information content (AvgIpc) is 2.82. The monoisotopic (exact) mass is 322 g/mol. The first-order valence-electron chi connectivity index (χ1n) is 7.59. The Hall–Kier alpha value is -1.31. The normalized spacial score (nSPS) is 29.7. The molecule has 0 radical (unpaired) electrons. The molecule has 0 aromatic rings. The highest BCUT2D eigenvalue weighted by molar-refractivity contribution is 6.00. The molecule has 1 saturated heterocycles. The zero-order valence-corrected chi connectivity index (χ0v) is 12.2. The van der Waals surface area contributed by atoms with E-state index >= 15 is 0 Å². The molecule has 0 bridgehead atoms. The standard InChI is InChI=1S/C14H21F3N2O3/c15-14(16,17)8-19-6-2-4-10(13(19)22)12(21)18-7-9-3-1-5-11(9)20/h9-11,20H,1-8H2,(H,18,21)/t9-,10?,11+/m0/s1. The number of aliphatic hydroxyl groups is 1. The largest absolute Gasteiger partial charge is 0.406 e. The Balaban J connectivity index is 1.87. The molecule has 2 fully saturated rings. The van der Waals surface area contributed by atoms with Crippen LogP contribution in [-0.4, -0.2) is 53.7 Å². The SMILES string of the molecule is O=C(NC[C@@H]1CCC[C@H]1O)C1CCCN(CC(F)(F)F)C1=O. The van der Waals surface area contributed by atoms with E-state index in [4.69, 9.17) is 0 Å². The molecule has 22 heavy (non-hydrogen) atoms. The molecule has 2 rings (SSSR count). The van der Waals surface area contributed by atoms with Crippen molar-refractivity contribution in [1.82, 2.24) is 10.2 Å². The van der Waals surface area contributed by atoms with Crippen molar-refractivity contribution < 1.29 is 27.9 Å². The van der Waals surface area contributed by atoms with Crippen LogP contribution in [0.2, 0.25) is 0 Å². The number of likely N-dealkylation sites (tertiary alicyclic amines) is 1. The van der Waals surface area contributed by atoms with E-state index in [1.807, 2.05) is 0 Å². The second kappa shape index (κ2) is 6.85. The fourth-order valence-electron chi connectivity index (χ4n) is 3.17. The van der Waals surface area contributed by atoms with Gasteiger partial charge in [-0.3, -0.25) is 9.59 Å². The first-order valence-corrected chi connectivity index (χ1v) is 7.59. The van der Waals surface area contributed by atoms with Crippen molar-refractivity contribution in [3.05, 3.63) is 0 Å². The van der Waals surface area contributed by atoms with Crippen molar-refractivity contribution in [3.8, 4) is 0 Å². The zero-order valence-electron chi connectivity index (χ0n) is 12.2. The second-order valence-electron chi connectivity index (χ2n) is 6.07. The van der Waals surface area contributed by atoms with Gasteiger partial charge >= 0.3 is 6.18 Å². The van der Waals surface area contributed by atoms with Crippen molar-refractivity contribution in [2.45, 2.75) is 44.4 Å². The molecule has 126 valence electrons. The molecule has 5 nitrogen and oxygen atoms in total. The third-order valence-corrected chi connectivity index (χ3v) is 4.37. The van der Waals surface area contributed by atoms with E-state index in [0.717, 1.165) is 12.8 Å². The Morgan fingerprint density at radius 1 is 1.27 bits per heavy atom. The average molecular weight is 322 g/mol. The fourth-order valence-corrected chi connectivity index (χ4v) is 3.17. The van der Waals surface area contributed by atoms with Gasteiger partial charge in [-0.15, -0.1) is 0 Å². The quantitative estimate of drug-likeness (QED) is 0.761. The molecule has 0 spiro atoms. The van der Waals surface area contributed by atoms with E-state index in [0.29, 0.717) is 17.7 Å². The van der Waals surface area contributed by atoms with Crippen LogP contribution in [0.1, 0.15) is 32.1 Å². The highest BCUT2D eigenvalue weighted by Crippen LogP contribution is 2.26. The fraction of sp³-hybridized carbons (Fsp3) is 0.857. The van der Waals surface area contributed by atoms with Crippen LogP contribution in [0.15, 0.2) is 0 Å². The Bertz CT molecular complexity index is 428. The number of amides is 2. The highest BCUT2D eigenvalue weighted by Gasteiger charge is 2.40. The Morgan fingerprint density at radius 2 is 2.00 bits per heavy atom. The van der Waals surface area contributed by atoms with Gasteiger partial charge in [0.05, 0.1) is 6.10 Å². The summed E-state index contributed by atoms with van der Waals surface area (Å²) >= 11 is 0. The lowest BCUT2D eigenvalue weighted by atomic mass is 9.95. The molecule has 3 atom stereocenters. The number of carbonyl (C=O) groups is 2. The van der Waals surface area contributed by atoms with Gasteiger partial charge in [-0.2, -0.15) is 13.2 Å². The maximum Gasteiger partial charge on any atom is 0.406 e. The molecule has 2 N–H and O–H groups in total. The molecule has 1 heterocycles. The van der Waals surface area contributed by atoms with Crippen LogP contribution in [0.25, 0.3) is 0 Å². The van der Waals surface area contributed by atoms with Gasteiger partial charge in [-0.1, -0.05) is 6.42 Å². The van der Waals surface area contributed by atoms with E-state index in [1.165, 1.54) is 0 Å². The number of aliphatic hydroxyl groups excluding tert-OH is 1. The minimum absolute atomic E-state index is 0.0312. The van der Waals surface area contributed by atoms with Gasteiger partial charge in [0.1, 0.15) is 12.5 Å². The molecule has 1 aliphatic carbocycles. The molecule has 1 unspecified atom stereocenters. The zero-order chi connectivity index (χ0) is 16.3. The summed E-state index contributed by atoms with van der Waals surface area (Å²) < 4.78 is 37.2. The molecule has 0 aromatic heterocycles. The van der Waals surface area contributed by atoms with Crippen LogP contribution >= 0.6 is 0 Å². The van der Waals surface area contributed by atoms with E-state index in [1.54, 1.807) is 0 Å². The Kier molecular flexibility index (Phi) is 5.31. The van der Waals surface area contributed by atoms with Gasteiger partial charge in [0.2, 0.25) is 11.8 Å². The second-order valence-corrected chi connectivity index (χ2v) is 6.07. The number of piperidine rings is 1. The van der Waals surface area contributed by atoms with E-state index in [-0.39, 0.29) is 25.4 Å². The summed E-state index contributed by atoms with van der Waals surface area (Å²) in [6, 6.07) is 0. The summed E-state index contributed by atoms with van der Waals surface area (Å²) in [7, 11) is 0. The molecule has 8 heteroatoms. The first-order chi connectivity index (χ1) is 10.3. The van der Waals surface area contributed by atoms with Gasteiger partial charge in [-0.05, 0) is 25.7 Å². The Labute approximate surface area is 126 Å². The van der Waals surface area contributed by atoms with Crippen molar-refractivity contribution in [1.29, 1.82) is 0 Å². The molecule has 0 aromatic carbocycles. The minimum Gasteiger partial charge on any atom is -0.393 e. The number of rotatable bonds is 4. The summed E-state index contributed by atoms with van der Waals surface area (Å²) in [6.07, 6.45) is -1.87. The number of hydrogen-bond acceptors (Lipinski definition) is 3. The van der Waals surface area contributed by atoms with Crippen LogP contribution in [0.4, 0.5) is 13.2 Å². The molecular weight excluding hydrogens is 301 g/mol. The van der Waals surface area contributed by atoms with Crippen LogP contribution in [0.3, 0.4) is 0 Å². The summed E-state index contributed by atoms with van der Waals surface area (Å²) in [6.45, 7) is -1.01. The molecule has 2 aliphatic rings. The van der Waals surface area contributed by atoms with Crippen LogP contribution < -0.4 is 5.32 Å². The predicted octanol–water partition coefficient (Wildman–Crippen LogP) is 1.06. The lowest BCUT2D eigenvalue weighted by molar-refractivity contribution is -0.168. The van der Waals surface area contributed by atoms with Crippen molar-refractivity contribution in [3.63, 3.8) is 0 Å². The molecular formula is C14H21F3N2O3. The van der Waals surface area contributed by atoms with E-state index < -0.39 is 36.6 Å². The third kappa shape index (κ3) is 4.34. The maximum atomic E-state index is 12.4. The Morgan fingerprint density at radius 3 is 2.59 bits per heavy atom. The van der Waals surface area contributed by atoms with E-state index in [9.17, 15) is 27.9 Å². The van der Waals surface area contributed by atoms with Crippen molar-refractivity contribution in [2.24, 2.45) is 11.8 Å². The summed E-state index contributed by atoms with van der Waals surface area (Å²) in [5.41, 5.74) is 0. The van der Waals surface area contributed by atoms with Gasteiger partial charge in [-0.25, -0.2) is 0 Å². The maximum absolute atomic E-state index is 12.4. The van der Waals surface area contributed by atoms with Gasteiger partial charge in [0.15, 0.2) is 0 Å². The summed E-state index contributed by atoms with van der Waals surface area (Å²) in [4.78, 5) is 24.8. The van der Waals surface area contributed by atoms with E-state index in [2.05, 4.69) is 5.32 Å². The van der Waals surface area contributed by atoms with Crippen molar-refractivity contribution >= 4 is 11.8 Å². The minimum atomic E-state index is -4.46. The topological polar surface area (TPSA) is 69.6 Å². The lowest BCUT2D eigenvalue weighted by Crippen LogP contribution is -2.50. The summed E-state index contributed by atoms with van der Waals surface area (Å²) in [5.74, 6) is -2.37. The molecule has 1 aliphatic heterocycles. The smallest absolute Gasteiger partial charge is 0.393 e. The molecule has 1 saturated carbocycles. The van der Waals surface area contributed by atoms with Gasteiger partial charge in [0, 0.05) is 19.0 Å². The molecule has 2 amide bonds. The first kappa shape index (κ1) is 17.1. The van der Waals surface area contributed by atoms with Crippen LogP contribution in [0.5, 0.6) is 0 Å². The number of carbonyl (C=O) groups excluding carboxylic acids is 2.